The molecule has 1 N–H and O–H groups in total. The molecular formula is C22H21ClN2O5S. The molecule has 0 fully saturated rings. The SMILES string of the molecule is CCOc1ccc(Oc2cc(CNC(=O)c3ccc(Cl)c(S(C)(=O)=O)c3)ccn2)cc1. The summed E-state index contributed by atoms with van der Waals surface area (Å²) in [6.07, 6.45) is 2.62. The molecule has 0 unspecified atom stereocenters. The minimum Gasteiger partial charge on any atom is -0.494 e. The molecule has 31 heavy (non-hydrogen) atoms. The molecule has 0 saturated carbocycles. The Kier molecular flexibility index (Phi) is 7.14. The average Bonchev–Trinajstić information content (AvgIpc) is 2.73. The summed E-state index contributed by atoms with van der Waals surface area (Å²) in [7, 11) is -3.54. The van der Waals surface area contributed by atoms with Crippen LogP contribution in [0.25, 0.3) is 0 Å². The molecule has 3 rings (SSSR count). The average molecular weight is 461 g/mol. The maximum Gasteiger partial charge on any atom is 0.251 e. The van der Waals surface area contributed by atoms with Gasteiger partial charge in [-0.05, 0) is 61.0 Å². The summed E-state index contributed by atoms with van der Waals surface area (Å²) in [6, 6.07) is 14.7. The molecular weight excluding hydrogens is 440 g/mol. The summed E-state index contributed by atoms with van der Waals surface area (Å²) in [4.78, 5) is 16.6. The van der Waals surface area contributed by atoms with Gasteiger partial charge in [0.2, 0.25) is 5.88 Å². The van der Waals surface area contributed by atoms with Crippen LogP contribution in [0.5, 0.6) is 17.4 Å². The number of hydrogen-bond acceptors (Lipinski definition) is 6. The van der Waals surface area contributed by atoms with Crippen molar-refractivity contribution in [3.8, 4) is 17.4 Å². The highest BCUT2D eigenvalue weighted by Gasteiger charge is 2.16. The van der Waals surface area contributed by atoms with Gasteiger partial charge in [-0.2, -0.15) is 0 Å². The lowest BCUT2D eigenvalue weighted by Crippen LogP contribution is -2.23. The first-order valence-electron chi connectivity index (χ1n) is 9.39. The third-order valence-corrected chi connectivity index (χ3v) is 5.78. The fourth-order valence-corrected chi connectivity index (χ4v) is 4.02. The molecule has 0 radical (unpaired) electrons. The molecule has 0 aliphatic rings. The molecule has 0 atom stereocenters. The van der Waals surface area contributed by atoms with Gasteiger partial charge < -0.3 is 14.8 Å². The summed E-state index contributed by atoms with van der Waals surface area (Å²) in [6.45, 7) is 2.70. The van der Waals surface area contributed by atoms with Crippen LogP contribution in [-0.2, 0) is 16.4 Å². The molecule has 1 amide bonds. The van der Waals surface area contributed by atoms with Crippen molar-refractivity contribution in [3.63, 3.8) is 0 Å². The van der Waals surface area contributed by atoms with Gasteiger partial charge in [0.15, 0.2) is 9.84 Å². The van der Waals surface area contributed by atoms with Crippen LogP contribution < -0.4 is 14.8 Å². The molecule has 3 aromatic rings. The van der Waals surface area contributed by atoms with E-state index in [-0.39, 0.29) is 22.0 Å². The molecule has 0 aliphatic heterocycles. The van der Waals surface area contributed by atoms with Gasteiger partial charge in [-0.25, -0.2) is 13.4 Å². The quantitative estimate of drug-likeness (QED) is 0.539. The second-order valence-corrected chi connectivity index (χ2v) is 9.00. The molecule has 0 saturated heterocycles. The Hall–Kier alpha value is -3.10. The van der Waals surface area contributed by atoms with Crippen LogP contribution in [0.2, 0.25) is 5.02 Å². The number of pyridine rings is 1. The van der Waals surface area contributed by atoms with Crippen molar-refractivity contribution in [2.24, 2.45) is 0 Å². The van der Waals surface area contributed by atoms with E-state index in [1.54, 1.807) is 42.6 Å². The second-order valence-electron chi connectivity index (χ2n) is 6.61. The third kappa shape index (κ3) is 6.19. The highest BCUT2D eigenvalue weighted by molar-refractivity contribution is 7.90. The van der Waals surface area contributed by atoms with Crippen molar-refractivity contribution in [1.29, 1.82) is 0 Å². The summed E-state index contributed by atoms with van der Waals surface area (Å²) >= 11 is 5.93. The molecule has 2 aromatic carbocycles. The highest BCUT2D eigenvalue weighted by atomic mass is 35.5. The number of carbonyl (C=O) groups is 1. The summed E-state index contributed by atoms with van der Waals surface area (Å²) in [5, 5.41) is 2.82. The van der Waals surface area contributed by atoms with E-state index >= 15 is 0 Å². The van der Waals surface area contributed by atoms with E-state index in [0.29, 0.717) is 18.2 Å². The first-order chi connectivity index (χ1) is 14.8. The number of ether oxygens (including phenoxy) is 2. The monoisotopic (exact) mass is 460 g/mol. The zero-order valence-electron chi connectivity index (χ0n) is 17.0. The normalized spacial score (nSPS) is 11.1. The lowest BCUT2D eigenvalue weighted by atomic mass is 10.2. The number of aromatic nitrogens is 1. The first kappa shape index (κ1) is 22.6. The zero-order chi connectivity index (χ0) is 22.4. The van der Waals surface area contributed by atoms with Gasteiger partial charge in [0.25, 0.3) is 5.91 Å². The Morgan fingerprint density at radius 1 is 1.06 bits per heavy atom. The highest BCUT2D eigenvalue weighted by Crippen LogP contribution is 2.24. The molecule has 1 aromatic heterocycles. The number of nitrogens with zero attached hydrogens (tertiary/aromatic N) is 1. The molecule has 7 nitrogen and oxygen atoms in total. The lowest BCUT2D eigenvalue weighted by Gasteiger charge is -2.10. The number of amides is 1. The van der Waals surface area contributed by atoms with Crippen molar-refractivity contribution in [2.45, 2.75) is 18.4 Å². The molecule has 1 heterocycles. The third-order valence-electron chi connectivity index (χ3n) is 4.20. The maximum absolute atomic E-state index is 12.5. The van der Waals surface area contributed by atoms with E-state index in [4.69, 9.17) is 21.1 Å². The van der Waals surface area contributed by atoms with Gasteiger partial charge in [-0.15, -0.1) is 0 Å². The number of nitrogens with one attached hydrogen (secondary N) is 1. The Balaban J connectivity index is 1.65. The van der Waals surface area contributed by atoms with Crippen LogP contribution in [-0.4, -0.2) is 32.2 Å². The molecule has 0 aliphatic carbocycles. The van der Waals surface area contributed by atoms with Crippen LogP contribution in [0.15, 0.2) is 65.7 Å². The number of halogens is 1. The number of rotatable bonds is 8. The van der Waals surface area contributed by atoms with Crippen molar-refractivity contribution in [1.82, 2.24) is 10.3 Å². The lowest BCUT2D eigenvalue weighted by molar-refractivity contribution is 0.0950. The molecule has 0 bridgehead atoms. The number of benzene rings is 2. The number of sulfone groups is 1. The van der Waals surface area contributed by atoms with Crippen LogP contribution in [0.1, 0.15) is 22.8 Å². The van der Waals surface area contributed by atoms with E-state index in [0.717, 1.165) is 17.6 Å². The van der Waals surface area contributed by atoms with E-state index in [9.17, 15) is 13.2 Å². The van der Waals surface area contributed by atoms with E-state index in [2.05, 4.69) is 10.3 Å². The van der Waals surface area contributed by atoms with E-state index in [1.807, 2.05) is 6.92 Å². The van der Waals surface area contributed by atoms with Gasteiger partial charge in [0, 0.05) is 30.6 Å². The second kappa shape index (κ2) is 9.80. The minimum atomic E-state index is -3.54. The molecule has 0 spiro atoms. The standard InChI is InChI=1S/C22H21ClN2O5S/c1-3-29-17-5-7-18(8-6-17)30-21-12-15(10-11-24-21)14-25-22(26)16-4-9-19(23)20(13-16)31(2,27)28/h4-13H,3,14H2,1-2H3,(H,25,26). The van der Waals surface area contributed by atoms with Crippen LogP contribution in [0.3, 0.4) is 0 Å². The van der Waals surface area contributed by atoms with Crippen molar-refractivity contribution >= 4 is 27.3 Å². The van der Waals surface area contributed by atoms with Crippen LogP contribution >= 0.6 is 11.6 Å². The van der Waals surface area contributed by atoms with E-state index < -0.39 is 15.7 Å². The van der Waals surface area contributed by atoms with Gasteiger partial charge in [0.1, 0.15) is 11.5 Å². The smallest absolute Gasteiger partial charge is 0.251 e. The molecule has 9 heteroatoms. The zero-order valence-corrected chi connectivity index (χ0v) is 18.5. The number of hydrogen-bond donors (Lipinski definition) is 1. The Morgan fingerprint density at radius 3 is 2.45 bits per heavy atom. The fourth-order valence-electron chi connectivity index (χ4n) is 2.72. The minimum absolute atomic E-state index is 0.0734. The predicted molar refractivity (Wildman–Crippen MR) is 118 cm³/mol. The summed E-state index contributed by atoms with van der Waals surface area (Å²) in [5.74, 6) is 1.31. The summed E-state index contributed by atoms with van der Waals surface area (Å²) < 4.78 is 34.8. The maximum atomic E-state index is 12.5. The Labute approximate surface area is 185 Å². The fraction of sp³-hybridized carbons (Fsp3) is 0.182. The van der Waals surface area contributed by atoms with Crippen molar-refractivity contribution in [3.05, 3.63) is 76.9 Å². The largest absolute Gasteiger partial charge is 0.494 e. The number of carbonyl (C=O) groups excluding carboxylic acids is 1. The Bertz CT molecular complexity index is 1180. The van der Waals surface area contributed by atoms with Crippen molar-refractivity contribution < 1.29 is 22.7 Å². The Morgan fingerprint density at radius 2 is 1.77 bits per heavy atom. The van der Waals surface area contributed by atoms with Crippen molar-refractivity contribution in [2.75, 3.05) is 12.9 Å². The van der Waals surface area contributed by atoms with Crippen LogP contribution in [0, 0.1) is 0 Å². The van der Waals surface area contributed by atoms with E-state index in [1.165, 1.54) is 18.2 Å². The van der Waals surface area contributed by atoms with Gasteiger partial charge in [-0.3, -0.25) is 4.79 Å². The summed E-state index contributed by atoms with van der Waals surface area (Å²) in [5.41, 5.74) is 0.964. The van der Waals surface area contributed by atoms with Crippen LogP contribution in [0.4, 0.5) is 0 Å². The first-order valence-corrected chi connectivity index (χ1v) is 11.7. The van der Waals surface area contributed by atoms with Gasteiger partial charge in [0.05, 0.1) is 16.5 Å². The topological polar surface area (TPSA) is 94.6 Å². The van der Waals surface area contributed by atoms with Gasteiger partial charge >= 0.3 is 0 Å². The molecule has 162 valence electrons. The predicted octanol–water partition coefficient (Wildman–Crippen LogP) is 4.26. The van der Waals surface area contributed by atoms with Gasteiger partial charge in [-0.1, -0.05) is 11.6 Å².